The van der Waals surface area contributed by atoms with Crippen molar-refractivity contribution in [3.8, 4) is 11.5 Å². The van der Waals surface area contributed by atoms with Crippen molar-refractivity contribution < 1.29 is 23.8 Å². The van der Waals surface area contributed by atoms with Gasteiger partial charge < -0.3 is 24.0 Å². The quantitative estimate of drug-likeness (QED) is 0.765. The molecule has 2 amide bonds. The van der Waals surface area contributed by atoms with E-state index in [0.29, 0.717) is 23.7 Å². The van der Waals surface area contributed by atoms with Gasteiger partial charge in [-0.2, -0.15) is 0 Å². The lowest BCUT2D eigenvalue weighted by atomic mass is 9.77. The van der Waals surface area contributed by atoms with Crippen LogP contribution in [-0.4, -0.2) is 51.3 Å². The van der Waals surface area contributed by atoms with Crippen molar-refractivity contribution in [3.63, 3.8) is 0 Å². The molecule has 0 saturated carbocycles. The largest absolute Gasteiger partial charge is 0.491 e. The summed E-state index contributed by atoms with van der Waals surface area (Å²) in [7, 11) is 1.73. The summed E-state index contributed by atoms with van der Waals surface area (Å²) in [4.78, 5) is 29.5. The number of carbonyl (C=O) groups is 2. The first-order valence-corrected chi connectivity index (χ1v) is 10.3. The number of carbonyl (C=O) groups excluding carboxylic acids is 2. The minimum Gasteiger partial charge on any atom is -0.491 e. The molecule has 2 unspecified atom stereocenters. The molecule has 0 bridgehead atoms. The molecule has 0 aliphatic carbocycles. The first kappa shape index (κ1) is 17.8. The molecule has 0 N–H and O–H groups in total. The molecule has 0 aromatic heterocycles. The first-order chi connectivity index (χ1) is 14.6. The SMILES string of the molecule is CN1C(=O)COc2cc3c(cc21)C1(CO3)C(=O)N(CC2CCCO2)c2ccccc21. The molecule has 1 spiro atoms. The van der Waals surface area contributed by atoms with E-state index in [4.69, 9.17) is 14.2 Å². The number of likely N-dealkylation sites (N-methyl/N-ethyl adjacent to an activating group) is 1. The Morgan fingerprint density at radius 1 is 1.07 bits per heavy atom. The second kappa shape index (κ2) is 6.22. The second-order valence-corrected chi connectivity index (χ2v) is 8.32. The van der Waals surface area contributed by atoms with Crippen LogP contribution >= 0.6 is 0 Å². The molecular weight excluding hydrogens is 384 g/mol. The molecule has 4 aliphatic rings. The van der Waals surface area contributed by atoms with Gasteiger partial charge in [0.2, 0.25) is 5.91 Å². The van der Waals surface area contributed by atoms with Crippen molar-refractivity contribution >= 4 is 23.2 Å². The predicted octanol–water partition coefficient (Wildman–Crippen LogP) is 2.25. The van der Waals surface area contributed by atoms with E-state index < -0.39 is 5.41 Å². The molecule has 7 heteroatoms. The highest BCUT2D eigenvalue weighted by Crippen LogP contribution is 2.54. The summed E-state index contributed by atoms with van der Waals surface area (Å²) < 4.78 is 17.5. The average molecular weight is 406 g/mol. The third-order valence-corrected chi connectivity index (χ3v) is 6.73. The minimum absolute atomic E-state index is 0.00334. The Labute approximate surface area is 174 Å². The maximum Gasteiger partial charge on any atom is 0.264 e. The topological polar surface area (TPSA) is 68.3 Å². The molecule has 0 radical (unpaired) electrons. The summed E-state index contributed by atoms with van der Waals surface area (Å²) in [5.74, 6) is 1.12. The molecule has 7 nitrogen and oxygen atoms in total. The van der Waals surface area contributed by atoms with Gasteiger partial charge in [0.15, 0.2) is 6.61 Å². The monoisotopic (exact) mass is 406 g/mol. The lowest BCUT2D eigenvalue weighted by Crippen LogP contribution is -2.45. The van der Waals surface area contributed by atoms with Crippen LogP contribution in [0.4, 0.5) is 11.4 Å². The number of para-hydroxylation sites is 1. The third kappa shape index (κ3) is 2.24. The fraction of sp³-hybridized carbons (Fsp3) is 0.391. The van der Waals surface area contributed by atoms with Crippen LogP contribution in [0.15, 0.2) is 36.4 Å². The van der Waals surface area contributed by atoms with Crippen molar-refractivity contribution in [2.75, 3.05) is 43.2 Å². The van der Waals surface area contributed by atoms with E-state index in [1.165, 1.54) is 0 Å². The van der Waals surface area contributed by atoms with E-state index in [-0.39, 0.29) is 31.1 Å². The smallest absolute Gasteiger partial charge is 0.264 e. The van der Waals surface area contributed by atoms with Gasteiger partial charge in [0.25, 0.3) is 5.91 Å². The van der Waals surface area contributed by atoms with Crippen molar-refractivity contribution in [1.29, 1.82) is 0 Å². The van der Waals surface area contributed by atoms with E-state index in [9.17, 15) is 9.59 Å². The van der Waals surface area contributed by atoms with E-state index in [1.807, 2.05) is 35.2 Å². The molecular formula is C23H22N2O5. The molecule has 4 aliphatic heterocycles. The second-order valence-electron chi connectivity index (χ2n) is 8.32. The highest BCUT2D eigenvalue weighted by Gasteiger charge is 2.57. The zero-order valence-electron chi connectivity index (χ0n) is 16.7. The molecule has 2 aromatic rings. The van der Waals surface area contributed by atoms with E-state index in [2.05, 4.69) is 0 Å². The number of ether oxygens (including phenoxy) is 3. The standard InChI is InChI=1S/C23H22N2O5/c1-24-18-9-16-19(10-20(18)29-12-21(24)26)30-13-23(16)15-6-2-3-7-17(15)25(22(23)27)11-14-5-4-8-28-14/h2-3,6-7,9-10,14H,4-5,8,11-13H2,1H3. The lowest BCUT2D eigenvalue weighted by molar-refractivity contribution is -0.122. The van der Waals surface area contributed by atoms with Crippen LogP contribution in [0.1, 0.15) is 24.0 Å². The summed E-state index contributed by atoms with van der Waals surface area (Å²) in [6.07, 6.45) is 2.04. The molecule has 154 valence electrons. The third-order valence-electron chi connectivity index (χ3n) is 6.73. The fourth-order valence-corrected chi connectivity index (χ4v) is 5.11. The highest BCUT2D eigenvalue weighted by molar-refractivity contribution is 6.12. The van der Waals surface area contributed by atoms with E-state index in [0.717, 1.165) is 36.3 Å². The summed E-state index contributed by atoms with van der Waals surface area (Å²) in [5, 5.41) is 0. The zero-order chi connectivity index (χ0) is 20.5. The first-order valence-electron chi connectivity index (χ1n) is 10.3. The Kier molecular flexibility index (Phi) is 3.68. The Morgan fingerprint density at radius 3 is 2.77 bits per heavy atom. The number of amides is 2. The Balaban J connectivity index is 1.49. The van der Waals surface area contributed by atoms with Crippen LogP contribution in [0.5, 0.6) is 11.5 Å². The van der Waals surface area contributed by atoms with Crippen LogP contribution in [-0.2, 0) is 19.7 Å². The Morgan fingerprint density at radius 2 is 1.93 bits per heavy atom. The molecule has 30 heavy (non-hydrogen) atoms. The van der Waals surface area contributed by atoms with Gasteiger partial charge in [0.05, 0.1) is 18.3 Å². The summed E-state index contributed by atoms with van der Waals surface area (Å²) >= 11 is 0. The maximum atomic E-state index is 13.9. The van der Waals surface area contributed by atoms with Crippen LogP contribution in [0.25, 0.3) is 0 Å². The average Bonchev–Trinajstić information content (AvgIpc) is 3.46. The van der Waals surface area contributed by atoms with Crippen molar-refractivity contribution in [2.24, 2.45) is 0 Å². The number of rotatable bonds is 2. The fourth-order valence-electron chi connectivity index (χ4n) is 5.11. The Hall–Kier alpha value is -3.06. The number of anilines is 2. The molecule has 2 atom stereocenters. The maximum absolute atomic E-state index is 13.9. The molecule has 4 heterocycles. The summed E-state index contributed by atoms with van der Waals surface area (Å²) in [6.45, 7) is 1.53. The molecule has 6 rings (SSSR count). The zero-order valence-corrected chi connectivity index (χ0v) is 16.7. The number of hydrogen-bond donors (Lipinski definition) is 0. The summed E-state index contributed by atoms with van der Waals surface area (Å²) in [6, 6.07) is 11.6. The van der Waals surface area contributed by atoms with Gasteiger partial charge in [0, 0.05) is 31.0 Å². The van der Waals surface area contributed by atoms with Crippen molar-refractivity contribution in [1.82, 2.24) is 0 Å². The van der Waals surface area contributed by atoms with Gasteiger partial charge in [-0.15, -0.1) is 0 Å². The predicted molar refractivity (Wildman–Crippen MR) is 109 cm³/mol. The highest BCUT2D eigenvalue weighted by atomic mass is 16.5. The minimum atomic E-state index is -0.916. The number of hydrogen-bond acceptors (Lipinski definition) is 5. The van der Waals surface area contributed by atoms with Gasteiger partial charge in [-0.1, -0.05) is 18.2 Å². The molecule has 1 fully saturated rings. The van der Waals surface area contributed by atoms with Crippen molar-refractivity contribution in [2.45, 2.75) is 24.4 Å². The van der Waals surface area contributed by atoms with Crippen LogP contribution in [0.2, 0.25) is 0 Å². The number of nitrogens with zero attached hydrogens (tertiary/aromatic N) is 2. The number of fused-ring (bicyclic) bond motifs is 5. The summed E-state index contributed by atoms with van der Waals surface area (Å²) in [5.41, 5.74) is 2.39. The van der Waals surface area contributed by atoms with Crippen LogP contribution < -0.4 is 19.3 Å². The van der Waals surface area contributed by atoms with E-state index in [1.54, 1.807) is 18.0 Å². The van der Waals surface area contributed by atoms with Crippen molar-refractivity contribution in [3.05, 3.63) is 47.5 Å². The molecule has 1 saturated heterocycles. The van der Waals surface area contributed by atoms with Gasteiger partial charge >= 0.3 is 0 Å². The Bertz CT molecular complexity index is 1080. The lowest BCUT2D eigenvalue weighted by Gasteiger charge is -2.28. The van der Waals surface area contributed by atoms with Crippen LogP contribution in [0, 0.1) is 0 Å². The van der Waals surface area contributed by atoms with Gasteiger partial charge in [0.1, 0.15) is 23.5 Å². The molecule has 2 aromatic carbocycles. The van der Waals surface area contributed by atoms with Crippen LogP contribution in [0.3, 0.4) is 0 Å². The normalized spacial score (nSPS) is 26.5. The number of benzene rings is 2. The van der Waals surface area contributed by atoms with E-state index >= 15 is 0 Å². The van der Waals surface area contributed by atoms with Gasteiger partial charge in [-0.05, 0) is 30.5 Å². The van der Waals surface area contributed by atoms with Gasteiger partial charge in [-0.3, -0.25) is 9.59 Å². The van der Waals surface area contributed by atoms with Gasteiger partial charge in [-0.25, -0.2) is 0 Å².